The number of nitrogens with zero attached hydrogens (tertiary/aromatic N) is 3. The maximum absolute atomic E-state index is 12.7. The largest absolute Gasteiger partial charge is 0.344 e. The van der Waals surface area contributed by atoms with Crippen LogP contribution in [0.15, 0.2) is 47.4 Å². The Morgan fingerprint density at radius 3 is 2.34 bits per heavy atom. The molecule has 154 valence electrons. The number of hydrogen-bond donors (Lipinski definition) is 0. The van der Waals surface area contributed by atoms with Gasteiger partial charge in [0.05, 0.1) is 21.7 Å². The second-order valence-corrected chi connectivity index (χ2v) is 9.30. The summed E-state index contributed by atoms with van der Waals surface area (Å²) in [5, 5.41) is 8.95. The fraction of sp³-hybridized carbons (Fsp3) is 0.300. The molecule has 0 unspecified atom stereocenters. The van der Waals surface area contributed by atoms with Gasteiger partial charge < -0.3 is 4.90 Å². The van der Waals surface area contributed by atoms with Crippen LogP contribution in [-0.4, -0.2) is 50.7 Å². The molecule has 0 fully saturated rings. The van der Waals surface area contributed by atoms with E-state index in [1.807, 2.05) is 12.1 Å². The molecule has 0 aromatic heterocycles. The quantitative estimate of drug-likeness (QED) is 0.611. The maximum Gasteiger partial charge on any atom is 0.244 e. The summed E-state index contributed by atoms with van der Waals surface area (Å²) in [4.78, 5) is 13.8. The number of likely N-dealkylation sites (N-methyl/N-ethyl adjacent to an activating group) is 2. The minimum Gasteiger partial charge on any atom is -0.344 e. The lowest BCUT2D eigenvalue weighted by Gasteiger charge is -2.22. The Kier molecular flexibility index (Phi) is 8.05. The van der Waals surface area contributed by atoms with Crippen LogP contribution >= 0.6 is 23.2 Å². The monoisotopic (exact) mass is 453 g/mol. The van der Waals surface area contributed by atoms with Gasteiger partial charge in [-0.05, 0) is 36.2 Å². The van der Waals surface area contributed by atoms with Crippen LogP contribution in [0.5, 0.6) is 0 Å². The van der Waals surface area contributed by atoms with Gasteiger partial charge in [0, 0.05) is 33.6 Å². The standard InChI is InChI=1S/C20H21Cl2N3O3S/c1-24(19(26)11-10-15-6-8-16(14-23)9-7-15)12-13-25(2)29(27,28)18-5-3-4-17(21)20(18)22/h3-9H,10-13H2,1-2H3. The van der Waals surface area contributed by atoms with E-state index in [-0.39, 0.29) is 33.9 Å². The number of carbonyl (C=O) groups excluding carboxylic acids is 1. The number of sulfonamides is 1. The van der Waals surface area contributed by atoms with Crippen molar-refractivity contribution < 1.29 is 13.2 Å². The lowest BCUT2D eigenvalue weighted by atomic mass is 10.1. The molecule has 0 atom stereocenters. The molecule has 0 bridgehead atoms. The van der Waals surface area contributed by atoms with Gasteiger partial charge in [0.1, 0.15) is 4.90 Å². The summed E-state index contributed by atoms with van der Waals surface area (Å²) in [6.45, 7) is 0.352. The van der Waals surface area contributed by atoms with Crippen LogP contribution in [0.25, 0.3) is 0 Å². The Morgan fingerprint density at radius 2 is 1.72 bits per heavy atom. The van der Waals surface area contributed by atoms with Crippen LogP contribution in [0.1, 0.15) is 17.5 Å². The van der Waals surface area contributed by atoms with Gasteiger partial charge in [-0.3, -0.25) is 4.79 Å². The van der Waals surface area contributed by atoms with Gasteiger partial charge in [-0.2, -0.15) is 9.57 Å². The fourth-order valence-corrected chi connectivity index (χ4v) is 4.47. The molecule has 0 saturated carbocycles. The number of rotatable bonds is 8. The molecule has 1 amide bonds. The third kappa shape index (κ3) is 5.94. The van der Waals surface area contributed by atoms with Gasteiger partial charge in [0.15, 0.2) is 0 Å². The number of carbonyl (C=O) groups is 1. The third-order valence-corrected chi connectivity index (χ3v) is 7.32. The Bertz CT molecular complexity index is 1020. The van der Waals surface area contributed by atoms with Crippen molar-refractivity contribution >= 4 is 39.1 Å². The van der Waals surface area contributed by atoms with Gasteiger partial charge in [-0.1, -0.05) is 41.4 Å². The van der Waals surface area contributed by atoms with E-state index in [1.165, 1.54) is 30.1 Å². The second kappa shape index (κ2) is 10.1. The van der Waals surface area contributed by atoms with E-state index in [0.717, 1.165) is 9.87 Å². The van der Waals surface area contributed by atoms with Crippen molar-refractivity contribution in [3.63, 3.8) is 0 Å². The van der Waals surface area contributed by atoms with Crippen LogP contribution in [-0.2, 0) is 21.2 Å². The van der Waals surface area contributed by atoms with Crippen LogP contribution in [0.2, 0.25) is 10.0 Å². The first-order valence-electron chi connectivity index (χ1n) is 8.80. The molecule has 0 saturated heterocycles. The van der Waals surface area contributed by atoms with Crippen molar-refractivity contribution in [3.05, 3.63) is 63.6 Å². The van der Waals surface area contributed by atoms with E-state index >= 15 is 0 Å². The highest BCUT2D eigenvalue weighted by Crippen LogP contribution is 2.30. The molecule has 0 spiro atoms. The van der Waals surface area contributed by atoms with Crippen molar-refractivity contribution in [3.8, 4) is 6.07 Å². The van der Waals surface area contributed by atoms with Crippen LogP contribution in [0, 0.1) is 11.3 Å². The molecule has 0 aliphatic heterocycles. The van der Waals surface area contributed by atoms with Crippen molar-refractivity contribution in [1.29, 1.82) is 5.26 Å². The topological polar surface area (TPSA) is 81.5 Å². The molecule has 0 radical (unpaired) electrons. The van der Waals surface area contributed by atoms with E-state index in [2.05, 4.69) is 6.07 Å². The molecule has 2 rings (SSSR count). The average Bonchev–Trinajstić information content (AvgIpc) is 2.71. The van der Waals surface area contributed by atoms with Gasteiger partial charge >= 0.3 is 0 Å². The Labute approximate surface area is 181 Å². The second-order valence-electron chi connectivity index (χ2n) is 6.50. The van der Waals surface area contributed by atoms with Gasteiger partial charge in [-0.15, -0.1) is 0 Å². The number of halogens is 2. The summed E-state index contributed by atoms with van der Waals surface area (Å²) in [5.74, 6) is -0.0963. The highest BCUT2D eigenvalue weighted by molar-refractivity contribution is 7.89. The van der Waals surface area contributed by atoms with Crippen molar-refractivity contribution in [2.75, 3.05) is 27.2 Å². The average molecular weight is 454 g/mol. The van der Waals surface area contributed by atoms with Crippen LogP contribution < -0.4 is 0 Å². The summed E-state index contributed by atoms with van der Waals surface area (Å²) in [7, 11) is -0.758. The zero-order valence-corrected chi connectivity index (χ0v) is 18.4. The van der Waals surface area contributed by atoms with Gasteiger partial charge in [0.2, 0.25) is 15.9 Å². The third-order valence-electron chi connectivity index (χ3n) is 4.49. The van der Waals surface area contributed by atoms with Crippen LogP contribution in [0.4, 0.5) is 0 Å². The van der Waals surface area contributed by atoms with Crippen molar-refractivity contribution in [2.24, 2.45) is 0 Å². The molecule has 2 aromatic rings. The zero-order valence-electron chi connectivity index (χ0n) is 16.1. The normalized spacial score (nSPS) is 11.3. The smallest absolute Gasteiger partial charge is 0.244 e. The summed E-state index contributed by atoms with van der Waals surface area (Å²) in [6, 6.07) is 13.6. The minimum atomic E-state index is -3.82. The molecule has 0 aliphatic rings. The first-order valence-corrected chi connectivity index (χ1v) is 11.0. The van der Waals surface area contributed by atoms with Crippen molar-refractivity contribution in [1.82, 2.24) is 9.21 Å². The van der Waals surface area contributed by atoms with E-state index in [9.17, 15) is 13.2 Å². The molecule has 9 heteroatoms. The number of nitriles is 1. The van der Waals surface area contributed by atoms with Gasteiger partial charge in [-0.25, -0.2) is 8.42 Å². The summed E-state index contributed by atoms with van der Waals surface area (Å²) in [6.07, 6.45) is 0.833. The predicted molar refractivity (Wildman–Crippen MR) is 113 cm³/mol. The summed E-state index contributed by atoms with van der Waals surface area (Å²) < 4.78 is 26.6. The summed E-state index contributed by atoms with van der Waals surface area (Å²) >= 11 is 11.9. The van der Waals surface area contributed by atoms with E-state index < -0.39 is 10.0 Å². The Hall–Kier alpha value is -2.11. The lowest BCUT2D eigenvalue weighted by molar-refractivity contribution is -0.129. The zero-order chi connectivity index (χ0) is 21.6. The predicted octanol–water partition coefficient (Wildman–Crippen LogP) is 3.58. The number of amides is 1. The number of hydrogen-bond acceptors (Lipinski definition) is 4. The molecule has 0 N–H and O–H groups in total. The van der Waals surface area contributed by atoms with Crippen LogP contribution in [0.3, 0.4) is 0 Å². The molecule has 29 heavy (non-hydrogen) atoms. The minimum absolute atomic E-state index is 0.0205. The Morgan fingerprint density at radius 1 is 1.07 bits per heavy atom. The molecule has 0 heterocycles. The molecule has 6 nitrogen and oxygen atoms in total. The molecular weight excluding hydrogens is 433 g/mol. The SMILES string of the molecule is CN(CCN(C)S(=O)(=O)c1cccc(Cl)c1Cl)C(=O)CCc1ccc(C#N)cc1. The maximum atomic E-state index is 12.7. The summed E-state index contributed by atoms with van der Waals surface area (Å²) in [5.41, 5.74) is 1.53. The number of aryl methyl sites for hydroxylation is 1. The lowest BCUT2D eigenvalue weighted by Crippen LogP contribution is -2.37. The van der Waals surface area contributed by atoms with E-state index in [0.29, 0.717) is 18.4 Å². The first-order chi connectivity index (χ1) is 13.7. The first kappa shape index (κ1) is 23.2. The highest BCUT2D eigenvalue weighted by Gasteiger charge is 2.25. The highest BCUT2D eigenvalue weighted by atomic mass is 35.5. The van der Waals surface area contributed by atoms with Crippen molar-refractivity contribution in [2.45, 2.75) is 17.7 Å². The van der Waals surface area contributed by atoms with E-state index in [4.69, 9.17) is 28.5 Å². The Balaban J connectivity index is 1.91. The van der Waals surface area contributed by atoms with Gasteiger partial charge in [0.25, 0.3) is 0 Å². The number of benzene rings is 2. The molecular formula is C20H21Cl2N3O3S. The van der Waals surface area contributed by atoms with E-state index in [1.54, 1.807) is 19.2 Å². The molecule has 2 aromatic carbocycles. The molecule has 0 aliphatic carbocycles. The fourth-order valence-electron chi connectivity index (χ4n) is 2.57.